The first-order valence-electron chi connectivity index (χ1n) is 10.1. The quantitative estimate of drug-likeness (QED) is 0.471. The molecule has 1 aliphatic heterocycles. The molecule has 0 saturated carbocycles. The maximum absolute atomic E-state index is 12.3. The minimum Gasteiger partial charge on any atom is -0.488 e. The smallest absolute Gasteiger partial charge is 0.226 e. The maximum Gasteiger partial charge on any atom is 0.226 e. The van der Waals surface area contributed by atoms with Gasteiger partial charge in [-0.05, 0) is 41.0 Å². The van der Waals surface area contributed by atoms with Crippen LogP contribution in [0.25, 0.3) is 16.1 Å². The summed E-state index contributed by atoms with van der Waals surface area (Å²) in [7, 11) is -3.22. The van der Waals surface area contributed by atoms with E-state index in [1.54, 1.807) is 12.1 Å². The summed E-state index contributed by atoms with van der Waals surface area (Å²) in [6.07, 6.45) is 5.81. The molecule has 9 heteroatoms. The Labute approximate surface area is 189 Å². The molecule has 0 bridgehead atoms. The summed E-state index contributed by atoms with van der Waals surface area (Å²) < 4.78 is 31.2. The van der Waals surface area contributed by atoms with Crippen LogP contribution in [0.4, 0.5) is 0 Å². The van der Waals surface area contributed by atoms with Gasteiger partial charge in [0.15, 0.2) is 14.8 Å². The lowest BCUT2D eigenvalue weighted by Gasteiger charge is -2.11. The lowest BCUT2D eigenvalue weighted by molar-refractivity contribution is -0.120. The molecule has 4 aromatic rings. The first-order valence-corrected chi connectivity index (χ1v) is 12.9. The standard InChI is InChI=1S/C23H21N3O4S2/c1-32(28,29)20-5-2-15(3-6-20)16-4-7-21-17(10-16)11-19(30-21)13-24-22(27)12-18-14-26-8-9-31-23(26)25-18/h2-10,14,19H,11-13H2,1H3,(H,24,27)/t19-/m0/s1. The summed E-state index contributed by atoms with van der Waals surface area (Å²) in [5, 5.41) is 4.90. The third-order valence-corrected chi connectivity index (χ3v) is 7.33. The third kappa shape index (κ3) is 4.26. The van der Waals surface area contributed by atoms with Crippen molar-refractivity contribution in [2.24, 2.45) is 0 Å². The number of carbonyl (C=O) groups is 1. The Morgan fingerprint density at radius 2 is 2.00 bits per heavy atom. The first kappa shape index (κ1) is 20.7. The molecule has 2 aromatic carbocycles. The van der Waals surface area contributed by atoms with Crippen molar-refractivity contribution in [1.82, 2.24) is 14.7 Å². The second-order valence-electron chi connectivity index (χ2n) is 7.87. The minimum atomic E-state index is -3.22. The number of aromatic nitrogens is 2. The number of hydrogen-bond donors (Lipinski definition) is 1. The average Bonchev–Trinajstić information content (AvgIpc) is 3.45. The van der Waals surface area contributed by atoms with Gasteiger partial charge in [0.05, 0.1) is 23.6 Å². The number of benzene rings is 2. The van der Waals surface area contributed by atoms with Gasteiger partial charge in [-0.2, -0.15) is 0 Å². The third-order valence-electron chi connectivity index (χ3n) is 5.43. The van der Waals surface area contributed by atoms with Gasteiger partial charge in [-0.3, -0.25) is 9.20 Å². The molecule has 0 aliphatic carbocycles. The Morgan fingerprint density at radius 1 is 1.22 bits per heavy atom. The highest BCUT2D eigenvalue weighted by atomic mass is 32.2. The van der Waals surface area contributed by atoms with Gasteiger partial charge in [-0.1, -0.05) is 18.2 Å². The van der Waals surface area contributed by atoms with E-state index in [-0.39, 0.29) is 18.4 Å². The normalized spacial score (nSPS) is 15.5. The van der Waals surface area contributed by atoms with E-state index < -0.39 is 9.84 Å². The van der Waals surface area contributed by atoms with Crippen molar-refractivity contribution in [3.8, 4) is 16.9 Å². The molecule has 1 aliphatic rings. The number of rotatable bonds is 6. The van der Waals surface area contributed by atoms with Crippen LogP contribution in [-0.4, -0.2) is 42.6 Å². The van der Waals surface area contributed by atoms with Crippen LogP contribution in [0.2, 0.25) is 0 Å². The molecule has 7 nitrogen and oxygen atoms in total. The van der Waals surface area contributed by atoms with E-state index in [9.17, 15) is 13.2 Å². The van der Waals surface area contributed by atoms with Crippen molar-refractivity contribution in [3.05, 3.63) is 71.5 Å². The van der Waals surface area contributed by atoms with Gasteiger partial charge in [0.1, 0.15) is 11.9 Å². The summed E-state index contributed by atoms with van der Waals surface area (Å²) in [4.78, 5) is 17.9. The molecular weight excluding hydrogens is 446 g/mol. The average molecular weight is 468 g/mol. The van der Waals surface area contributed by atoms with Crippen LogP contribution >= 0.6 is 11.3 Å². The number of nitrogens with one attached hydrogen (secondary N) is 1. The van der Waals surface area contributed by atoms with Crippen LogP contribution in [0.15, 0.2) is 65.1 Å². The monoisotopic (exact) mass is 467 g/mol. The van der Waals surface area contributed by atoms with E-state index in [1.165, 1.54) is 17.6 Å². The van der Waals surface area contributed by atoms with Gasteiger partial charge in [0.25, 0.3) is 0 Å². The van der Waals surface area contributed by atoms with E-state index in [0.29, 0.717) is 17.9 Å². The Balaban J connectivity index is 1.19. The molecular formula is C23H21N3O4S2. The molecule has 0 radical (unpaired) electrons. The lowest BCUT2D eigenvalue weighted by atomic mass is 10.0. The van der Waals surface area contributed by atoms with Crippen LogP contribution in [-0.2, 0) is 27.5 Å². The summed E-state index contributed by atoms with van der Waals surface area (Å²) in [5.74, 6) is 0.733. The van der Waals surface area contributed by atoms with Crippen molar-refractivity contribution >= 4 is 32.0 Å². The molecule has 2 aromatic heterocycles. The van der Waals surface area contributed by atoms with E-state index in [0.717, 1.165) is 33.1 Å². The van der Waals surface area contributed by atoms with Gasteiger partial charge < -0.3 is 10.1 Å². The molecule has 164 valence electrons. The predicted octanol–water partition coefficient (Wildman–Crippen LogP) is 3.13. The number of sulfone groups is 1. The van der Waals surface area contributed by atoms with Crippen molar-refractivity contribution in [2.75, 3.05) is 12.8 Å². The SMILES string of the molecule is CS(=O)(=O)c1ccc(-c2ccc3c(c2)C[C@@H](CNC(=O)Cc2cn4ccsc4n2)O3)cc1. The van der Waals surface area contributed by atoms with Gasteiger partial charge in [0, 0.05) is 30.5 Å². The first-order chi connectivity index (χ1) is 15.3. The van der Waals surface area contributed by atoms with Crippen LogP contribution in [0.3, 0.4) is 0 Å². The van der Waals surface area contributed by atoms with Gasteiger partial charge in [-0.15, -0.1) is 11.3 Å². The summed E-state index contributed by atoms with van der Waals surface area (Å²) >= 11 is 1.54. The molecule has 0 spiro atoms. The minimum absolute atomic E-state index is 0.0815. The highest BCUT2D eigenvalue weighted by molar-refractivity contribution is 7.90. The van der Waals surface area contributed by atoms with E-state index in [2.05, 4.69) is 16.4 Å². The fraction of sp³-hybridized carbons (Fsp3) is 0.217. The second-order valence-corrected chi connectivity index (χ2v) is 10.8. The Kier molecular flexibility index (Phi) is 5.22. The molecule has 0 unspecified atom stereocenters. The van der Waals surface area contributed by atoms with E-state index in [4.69, 9.17) is 4.74 Å². The topological polar surface area (TPSA) is 89.8 Å². The lowest BCUT2D eigenvalue weighted by Crippen LogP contribution is -2.35. The van der Waals surface area contributed by atoms with Crippen LogP contribution in [0.5, 0.6) is 5.75 Å². The Bertz CT molecular complexity index is 1380. The van der Waals surface area contributed by atoms with E-state index in [1.807, 2.05) is 46.4 Å². The number of amides is 1. The number of fused-ring (bicyclic) bond motifs is 2. The number of thiazole rings is 1. The number of hydrogen-bond acceptors (Lipinski definition) is 6. The Hall–Kier alpha value is -3.17. The number of ether oxygens (including phenoxy) is 1. The largest absolute Gasteiger partial charge is 0.488 e. The number of carbonyl (C=O) groups excluding carboxylic acids is 1. The molecule has 5 rings (SSSR count). The zero-order valence-corrected chi connectivity index (χ0v) is 18.9. The molecule has 0 fully saturated rings. The maximum atomic E-state index is 12.3. The van der Waals surface area contributed by atoms with Crippen LogP contribution < -0.4 is 10.1 Å². The molecule has 1 N–H and O–H groups in total. The second kappa shape index (κ2) is 8.07. The van der Waals surface area contributed by atoms with Gasteiger partial charge >= 0.3 is 0 Å². The van der Waals surface area contributed by atoms with Gasteiger partial charge in [-0.25, -0.2) is 13.4 Å². The van der Waals surface area contributed by atoms with Crippen molar-refractivity contribution in [2.45, 2.75) is 23.8 Å². The molecule has 1 atom stereocenters. The summed E-state index contributed by atoms with van der Waals surface area (Å²) in [5.41, 5.74) is 3.76. The fourth-order valence-corrected chi connectivity index (χ4v) is 5.17. The number of imidazole rings is 1. The van der Waals surface area contributed by atoms with Crippen molar-refractivity contribution in [1.29, 1.82) is 0 Å². The molecule has 32 heavy (non-hydrogen) atoms. The van der Waals surface area contributed by atoms with Crippen LogP contribution in [0.1, 0.15) is 11.3 Å². The molecule has 1 amide bonds. The highest BCUT2D eigenvalue weighted by Crippen LogP contribution is 2.33. The highest BCUT2D eigenvalue weighted by Gasteiger charge is 2.24. The van der Waals surface area contributed by atoms with Gasteiger partial charge in [0.2, 0.25) is 5.91 Å². The zero-order valence-electron chi connectivity index (χ0n) is 17.3. The zero-order chi connectivity index (χ0) is 22.3. The fourth-order valence-electron chi connectivity index (χ4n) is 3.82. The summed E-state index contributed by atoms with van der Waals surface area (Å²) in [6, 6.07) is 12.8. The van der Waals surface area contributed by atoms with E-state index >= 15 is 0 Å². The molecule has 3 heterocycles. The van der Waals surface area contributed by atoms with Crippen molar-refractivity contribution < 1.29 is 17.9 Å². The number of nitrogens with zero attached hydrogens (tertiary/aromatic N) is 2. The Morgan fingerprint density at radius 3 is 2.75 bits per heavy atom. The predicted molar refractivity (Wildman–Crippen MR) is 123 cm³/mol. The van der Waals surface area contributed by atoms with Crippen molar-refractivity contribution in [3.63, 3.8) is 0 Å². The van der Waals surface area contributed by atoms with Crippen LogP contribution in [0, 0.1) is 0 Å². The summed E-state index contributed by atoms with van der Waals surface area (Å²) in [6.45, 7) is 0.425. The molecule has 0 saturated heterocycles.